The molecule has 0 N–H and O–H groups in total. The lowest BCUT2D eigenvalue weighted by Gasteiger charge is -2.17. The Kier molecular flexibility index (Phi) is 4.78. The first kappa shape index (κ1) is 17.5. The molecule has 0 fully saturated rings. The Hall–Kier alpha value is -2.91. The highest BCUT2D eigenvalue weighted by molar-refractivity contribution is 6.54. The fraction of sp³-hybridized carbons (Fsp3) is 0.130. The summed E-state index contributed by atoms with van der Waals surface area (Å²) in [7, 11) is 0. The van der Waals surface area contributed by atoms with Crippen LogP contribution in [0.25, 0.3) is 0 Å². The average Bonchev–Trinajstić information content (AvgIpc) is 2.96. The Balaban J connectivity index is 1.73. The van der Waals surface area contributed by atoms with Crippen LogP contribution in [-0.4, -0.2) is 11.6 Å². The van der Waals surface area contributed by atoms with Gasteiger partial charge in [0.1, 0.15) is 5.71 Å². The maximum atomic E-state index is 13.2. The van der Waals surface area contributed by atoms with Gasteiger partial charge in [-0.05, 0) is 41.8 Å². The number of hydrogen-bond acceptors (Lipinski definition) is 2. The lowest BCUT2D eigenvalue weighted by atomic mass is 10.1. The molecule has 0 spiro atoms. The van der Waals surface area contributed by atoms with E-state index in [9.17, 15) is 4.79 Å². The predicted molar refractivity (Wildman–Crippen MR) is 111 cm³/mol. The fourth-order valence-corrected chi connectivity index (χ4v) is 3.45. The smallest absolute Gasteiger partial charge is 0.277 e. The molecule has 134 valence electrons. The van der Waals surface area contributed by atoms with Crippen LogP contribution in [0.15, 0.2) is 77.8 Å². The summed E-state index contributed by atoms with van der Waals surface area (Å²) in [5.41, 5.74) is 5.14. The molecule has 4 rings (SSSR count). The predicted octanol–water partition coefficient (Wildman–Crippen LogP) is 5.57. The van der Waals surface area contributed by atoms with Crippen molar-refractivity contribution < 1.29 is 4.79 Å². The lowest BCUT2D eigenvalue weighted by Crippen LogP contribution is -2.29. The number of fused-ring (bicyclic) bond motifs is 1. The van der Waals surface area contributed by atoms with Gasteiger partial charge in [-0.15, -0.1) is 0 Å². The molecule has 0 unspecified atom stereocenters. The standard InChI is InChI=1S/C23H19ClN2O/c1-2-16-11-13-18(14-12-16)25-22-19-8-4-6-10-21(19)26(23(22)27)15-17-7-3-5-9-20(17)24/h3-14H,2,15H2,1H3. The summed E-state index contributed by atoms with van der Waals surface area (Å²) in [6.07, 6.45) is 0.976. The van der Waals surface area contributed by atoms with E-state index in [1.165, 1.54) is 5.56 Å². The molecule has 3 nitrogen and oxygen atoms in total. The number of anilines is 1. The zero-order chi connectivity index (χ0) is 18.8. The van der Waals surface area contributed by atoms with Gasteiger partial charge < -0.3 is 4.90 Å². The van der Waals surface area contributed by atoms with E-state index in [1.807, 2.05) is 72.8 Å². The largest absolute Gasteiger partial charge is 0.302 e. The van der Waals surface area contributed by atoms with Gasteiger partial charge in [-0.1, -0.05) is 67.1 Å². The van der Waals surface area contributed by atoms with Crippen molar-refractivity contribution in [1.29, 1.82) is 0 Å². The number of aliphatic imine (C=N–C) groups is 1. The summed E-state index contributed by atoms with van der Waals surface area (Å²) in [5.74, 6) is -0.101. The fourth-order valence-electron chi connectivity index (χ4n) is 3.26. The molecule has 1 aliphatic rings. The molecule has 1 amide bonds. The highest BCUT2D eigenvalue weighted by Crippen LogP contribution is 2.33. The molecule has 0 bridgehead atoms. The van der Waals surface area contributed by atoms with E-state index in [0.29, 0.717) is 17.3 Å². The first-order valence-corrected chi connectivity index (χ1v) is 9.37. The third kappa shape index (κ3) is 3.38. The van der Waals surface area contributed by atoms with Gasteiger partial charge in [-0.3, -0.25) is 4.79 Å². The number of nitrogens with zero attached hydrogens (tertiary/aromatic N) is 2. The van der Waals surface area contributed by atoms with Gasteiger partial charge in [-0.2, -0.15) is 0 Å². The van der Waals surface area contributed by atoms with Crippen molar-refractivity contribution in [3.63, 3.8) is 0 Å². The van der Waals surface area contributed by atoms with Crippen LogP contribution in [0.5, 0.6) is 0 Å². The van der Waals surface area contributed by atoms with E-state index in [2.05, 4.69) is 11.9 Å². The molecule has 0 radical (unpaired) electrons. The second-order valence-corrected chi connectivity index (χ2v) is 6.89. The molecule has 27 heavy (non-hydrogen) atoms. The number of para-hydroxylation sites is 1. The Bertz CT molecular complexity index is 1020. The van der Waals surface area contributed by atoms with Gasteiger partial charge >= 0.3 is 0 Å². The quantitative estimate of drug-likeness (QED) is 0.587. The molecule has 0 saturated carbocycles. The highest BCUT2D eigenvalue weighted by atomic mass is 35.5. The molecular formula is C23H19ClN2O. The minimum absolute atomic E-state index is 0.101. The number of rotatable bonds is 4. The van der Waals surface area contributed by atoms with Crippen LogP contribution in [0.4, 0.5) is 11.4 Å². The Morgan fingerprint density at radius 1 is 0.926 bits per heavy atom. The van der Waals surface area contributed by atoms with E-state index in [4.69, 9.17) is 11.6 Å². The van der Waals surface area contributed by atoms with E-state index in [1.54, 1.807) is 4.90 Å². The zero-order valence-electron chi connectivity index (χ0n) is 15.0. The molecule has 1 aliphatic heterocycles. The van der Waals surface area contributed by atoms with Gasteiger partial charge in [0.05, 0.1) is 17.9 Å². The van der Waals surface area contributed by atoms with Crippen LogP contribution in [0.3, 0.4) is 0 Å². The monoisotopic (exact) mass is 374 g/mol. The minimum atomic E-state index is -0.101. The molecular weight excluding hydrogens is 356 g/mol. The SMILES string of the molecule is CCc1ccc(N=C2C(=O)N(Cc3ccccc3Cl)c3ccccc32)cc1. The van der Waals surface area contributed by atoms with Gasteiger partial charge in [0.25, 0.3) is 5.91 Å². The van der Waals surface area contributed by atoms with E-state index in [-0.39, 0.29) is 5.91 Å². The second-order valence-electron chi connectivity index (χ2n) is 6.48. The molecule has 0 aromatic heterocycles. The van der Waals surface area contributed by atoms with E-state index < -0.39 is 0 Å². The van der Waals surface area contributed by atoms with Crippen LogP contribution in [0, 0.1) is 0 Å². The summed E-state index contributed by atoms with van der Waals surface area (Å²) in [4.78, 5) is 19.6. The van der Waals surface area contributed by atoms with Crippen molar-refractivity contribution >= 4 is 34.6 Å². The van der Waals surface area contributed by atoms with Crippen molar-refractivity contribution in [2.24, 2.45) is 4.99 Å². The third-order valence-corrected chi connectivity index (χ3v) is 5.14. The van der Waals surface area contributed by atoms with Crippen molar-refractivity contribution in [3.05, 3.63) is 94.5 Å². The molecule has 3 aromatic rings. The number of carbonyl (C=O) groups is 1. The third-order valence-electron chi connectivity index (χ3n) is 4.77. The van der Waals surface area contributed by atoms with Gasteiger partial charge in [0.15, 0.2) is 0 Å². The molecule has 3 aromatic carbocycles. The van der Waals surface area contributed by atoms with Crippen molar-refractivity contribution in [1.82, 2.24) is 0 Å². The Morgan fingerprint density at radius 2 is 1.63 bits per heavy atom. The number of hydrogen-bond donors (Lipinski definition) is 0. The minimum Gasteiger partial charge on any atom is -0.302 e. The number of halogens is 1. The number of aryl methyl sites for hydroxylation is 1. The molecule has 1 heterocycles. The maximum Gasteiger partial charge on any atom is 0.277 e. The van der Waals surface area contributed by atoms with E-state index >= 15 is 0 Å². The summed E-state index contributed by atoms with van der Waals surface area (Å²) < 4.78 is 0. The van der Waals surface area contributed by atoms with Crippen LogP contribution < -0.4 is 4.90 Å². The maximum absolute atomic E-state index is 13.2. The first-order valence-electron chi connectivity index (χ1n) is 8.99. The lowest BCUT2D eigenvalue weighted by molar-refractivity contribution is -0.112. The Labute approximate surface area is 163 Å². The summed E-state index contributed by atoms with van der Waals surface area (Å²) in [6, 6.07) is 23.4. The zero-order valence-corrected chi connectivity index (χ0v) is 15.8. The highest BCUT2D eigenvalue weighted by Gasteiger charge is 2.33. The van der Waals surface area contributed by atoms with Crippen molar-refractivity contribution in [2.75, 3.05) is 4.90 Å². The van der Waals surface area contributed by atoms with Gasteiger partial charge in [0.2, 0.25) is 0 Å². The summed E-state index contributed by atoms with van der Waals surface area (Å²) in [6.45, 7) is 2.54. The second kappa shape index (κ2) is 7.37. The summed E-state index contributed by atoms with van der Waals surface area (Å²) >= 11 is 6.30. The van der Waals surface area contributed by atoms with Gasteiger partial charge in [-0.25, -0.2) is 4.99 Å². The van der Waals surface area contributed by atoms with Crippen LogP contribution in [-0.2, 0) is 17.8 Å². The van der Waals surface area contributed by atoms with Crippen LogP contribution in [0.2, 0.25) is 5.02 Å². The number of amides is 1. The van der Waals surface area contributed by atoms with E-state index in [0.717, 1.165) is 28.9 Å². The van der Waals surface area contributed by atoms with Crippen molar-refractivity contribution in [3.8, 4) is 0 Å². The van der Waals surface area contributed by atoms with Gasteiger partial charge in [0, 0.05) is 10.6 Å². The Morgan fingerprint density at radius 3 is 2.37 bits per heavy atom. The average molecular weight is 375 g/mol. The number of carbonyl (C=O) groups excluding carboxylic acids is 1. The van der Waals surface area contributed by atoms with Crippen LogP contribution >= 0.6 is 11.6 Å². The normalized spacial score (nSPS) is 14.7. The van der Waals surface area contributed by atoms with Crippen LogP contribution in [0.1, 0.15) is 23.6 Å². The first-order chi connectivity index (χ1) is 13.2. The molecule has 0 atom stereocenters. The summed E-state index contributed by atoms with van der Waals surface area (Å²) in [5, 5.41) is 0.656. The molecule has 4 heteroatoms. The van der Waals surface area contributed by atoms with Crippen molar-refractivity contribution in [2.45, 2.75) is 19.9 Å². The number of benzene rings is 3. The molecule has 0 aliphatic carbocycles. The molecule has 0 saturated heterocycles. The topological polar surface area (TPSA) is 32.7 Å².